The lowest BCUT2D eigenvalue weighted by Gasteiger charge is -2.57. The van der Waals surface area contributed by atoms with Crippen LogP contribution in [0, 0.1) is 28.6 Å². The minimum absolute atomic E-state index is 0.107. The van der Waals surface area contributed by atoms with Gasteiger partial charge < -0.3 is 20.0 Å². The van der Waals surface area contributed by atoms with E-state index in [1.165, 1.54) is 29.7 Å². The molecule has 7 nitrogen and oxygen atoms in total. The number of aliphatic hydroxyl groups excluding tert-OH is 1. The Bertz CT molecular complexity index is 884. The summed E-state index contributed by atoms with van der Waals surface area (Å²) in [4.78, 5) is 30.5. The second-order valence-corrected chi connectivity index (χ2v) is 11.6. The average molecular weight is 459 g/mol. The largest absolute Gasteiger partial charge is 0.480 e. The summed E-state index contributed by atoms with van der Waals surface area (Å²) in [5.74, 6) is 0.775. The van der Waals surface area contributed by atoms with Crippen LogP contribution >= 0.6 is 0 Å². The van der Waals surface area contributed by atoms with Crippen LogP contribution in [0.3, 0.4) is 0 Å². The number of allylic oxidation sites excluding steroid dienone is 2. The van der Waals surface area contributed by atoms with Crippen molar-refractivity contribution in [1.29, 1.82) is 0 Å². The molecule has 0 radical (unpaired) electrons. The van der Waals surface area contributed by atoms with Crippen molar-refractivity contribution in [1.82, 2.24) is 4.90 Å². The maximum atomic E-state index is 12.4. The van der Waals surface area contributed by atoms with E-state index in [2.05, 4.69) is 25.1 Å². The van der Waals surface area contributed by atoms with Gasteiger partial charge in [0, 0.05) is 6.54 Å². The van der Waals surface area contributed by atoms with E-state index in [-0.39, 0.29) is 29.4 Å². The number of aliphatic carboxylic acids is 1. The Morgan fingerprint density at radius 1 is 1.12 bits per heavy atom. The quantitative estimate of drug-likeness (QED) is 0.625. The number of carboxylic acid groups (broad SMARTS) is 1. The molecule has 4 aliphatic carbocycles. The average Bonchev–Trinajstić information content (AvgIpc) is 3.39. The topological polar surface area (TPSA) is 99.4 Å². The van der Waals surface area contributed by atoms with Crippen molar-refractivity contribution in [2.75, 3.05) is 13.2 Å². The lowest BCUT2D eigenvalue weighted by Crippen LogP contribution is -2.51. The van der Waals surface area contributed by atoms with Crippen LogP contribution in [0.15, 0.2) is 16.8 Å². The third-order valence-electron chi connectivity index (χ3n) is 10.2. The van der Waals surface area contributed by atoms with E-state index in [9.17, 15) is 19.8 Å². The van der Waals surface area contributed by atoms with Crippen LogP contribution in [0.4, 0.5) is 0 Å². The summed E-state index contributed by atoms with van der Waals surface area (Å²) in [5.41, 5.74) is 2.66. The number of oxime groups is 1. The minimum atomic E-state index is -0.950. The van der Waals surface area contributed by atoms with Crippen molar-refractivity contribution in [2.45, 2.75) is 90.2 Å². The maximum Gasteiger partial charge on any atom is 0.326 e. The monoisotopic (exact) mass is 458 g/mol. The molecule has 0 spiro atoms. The van der Waals surface area contributed by atoms with Gasteiger partial charge in [0.25, 0.3) is 5.91 Å². The predicted octanol–water partition coefficient (Wildman–Crippen LogP) is 3.76. The van der Waals surface area contributed by atoms with Gasteiger partial charge in [-0.2, -0.15) is 0 Å². The normalized spacial score (nSPS) is 43.5. The number of carboxylic acids is 1. The van der Waals surface area contributed by atoms with E-state index in [4.69, 9.17) is 4.84 Å². The van der Waals surface area contributed by atoms with E-state index in [0.29, 0.717) is 37.1 Å². The van der Waals surface area contributed by atoms with Crippen LogP contribution in [0.25, 0.3) is 0 Å². The number of nitrogens with zero attached hydrogens (tertiary/aromatic N) is 2. The van der Waals surface area contributed by atoms with Gasteiger partial charge in [0.1, 0.15) is 6.04 Å². The SMILES string of the molecule is C[C@]12CC[C@@H]3[C@H](CCC4=C/C(=N/OCC(=O)N5CCC[C@@H]5C(=O)O)CC[C@@]43C)[C@@H]1CC[C@@H]2O. The zero-order chi connectivity index (χ0) is 23.4. The van der Waals surface area contributed by atoms with Gasteiger partial charge in [-0.1, -0.05) is 24.6 Å². The second-order valence-electron chi connectivity index (χ2n) is 11.6. The molecular formula is C26H38N2O5. The lowest BCUT2D eigenvalue weighted by atomic mass is 9.47. The first-order valence-corrected chi connectivity index (χ1v) is 12.8. The van der Waals surface area contributed by atoms with Gasteiger partial charge in [-0.25, -0.2) is 4.79 Å². The first-order valence-electron chi connectivity index (χ1n) is 12.8. The zero-order valence-electron chi connectivity index (χ0n) is 20.0. The number of carbonyl (C=O) groups excluding carboxylic acids is 1. The minimum Gasteiger partial charge on any atom is -0.480 e. The van der Waals surface area contributed by atoms with Gasteiger partial charge in [0.2, 0.25) is 0 Å². The number of fused-ring (bicyclic) bond motifs is 5. The summed E-state index contributed by atoms with van der Waals surface area (Å²) in [5, 5.41) is 24.2. The third-order valence-corrected chi connectivity index (χ3v) is 10.2. The van der Waals surface area contributed by atoms with Crippen molar-refractivity contribution in [3.8, 4) is 0 Å². The predicted molar refractivity (Wildman–Crippen MR) is 123 cm³/mol. The summed E-state index contributed by atoms with van der Waals surface area (Å²) < 4.78 is 0. The van der Waals surface area contributed by atoms with Crippen molar-refractivity contribution in [3.05, 3.63) is 11.6 Å². The summed E-state index contributed by atoms with van der Waals surface area (Å²) in [6, 6.07) is -0.736. The van der Waals surface area contributed by atoms with E-state index < -0.39 is 12.0 Å². The fourth-order valence-electron chi connectivity index (χ4n) is 8.19. The van der Waals surface area contributed by atoms with Gasteiger partial charge >= 0.3 is 5.97 Å². The molecule has 0 bridgehead atoms. The molecule has 0 unspecified atom stereocenters. The molecule has 4 fully saturated rings. The van der Waals surface area contributed by atoms with E-state index in [1.54, 1.807) is 0 Å². The number of rotatable bonds is 4. The molecule has 7 heteroatoms. The van der Waals surface area contributed by atoms with Gasteiger partial charge in [0.05, 0.1) is 11.8 Å². The summed E-state index contributed by atoms with van der Waals surface area (Å²) in [7, 11) is 0. The highest BCUT2D eigenvalue weighted by Gasteiger charge is 2.58. The molecule has 2 N–H and O–H groups in total. The zero-order valence-corrected chi connectivity index (χ0v) is 20.0. The highest BCUT2D eigenvalue weighted by Crippen LogP contribution is 2.65. The molecule has 1 amide bonds. The Balaban J connectivity index is 1.24. The Morgan fingerprint density at radius 3 is 2.73 bits per heavy atom. The Kier molecular flexibility index (Phi) is 5.82. The molecule has 0 aromatic heterocycles. The third kappa shape index (κ3) is 3.71. The molecule has 182 valence electrons. The van der Waals surface area contributed by atoms with Gasteiger partial charge in [-0.05, 0) is 98.9 Å². The molecule has 0 aromatic carbocycles. The Hall–Kier alpha value is -1.89. The summed E-state index contributed by atoms with van der Waals surface area (Å²) >= 11 is 0. The standard InChI is InChI=1S/C26H38N2O5/c1-25-11-9-17(27-33-15-23(30)28-13-3-4-21(28)24(31)32)14-16(25)5-6-18-19-7-8-22(29)26(19,2)12-10-20(18)25/h14,18-22,29H,3-13,15H2,1-2H3,(H,31,32)/b27-17+/t18-,19+,20-,21-,22+,25+,26+/m1/s1. The highest BCUT2D eigenvalue weighted by atomic mass is 16.6. The first-order chi connectivity index (χ1) is 15.7. The molecular weight excluding hydrogens is 420 g/mol. The molecule has 7 atom stereocenters. The molecule has 33 heavy (non-hydrogen) atoms. The van der Waals surface area contributed by atoms with Crippen LogP contribution in [0.2, 0.25) is 0 Å². The number of aliphatic hydroxyl groups is 1. The van der Waals surface area contributed by atoms with Crippen LogP contribution < -0.4 is 0 Å². The number of likely N-dealkylation sites (tertiary alicyclic amines) is 1. The van der Waals surface area contributed by atoms with E-state index in [1.807, 2.05) is 0 Å². The van der Waals surface area contributed by atoms with Crippen LogP contribution in [-0.2, 0) is 14.4 Å². The fourth-order valence-corrected chi connectivity index (χ4v) is 8.19. The van der Waals surface area contributed by atoms with Crippen molar-refractivity contribution < 1.29 is 24.6 Å². The molecule has 1 aliphatic heterocycles. The van der Waals surface area contributed by atoms with Crippen molar-refractivity contribution >= 4 is 17.6 Å². The molecule has 1 heterocycles. The van der Waals surface area contributed by atoms with Crippen LogP contribution in [-0.4, -0.2) is 58.0 Å². The molecule has 1 saturated heterocycles. The number of hydrogen-bond acceptors (Lipinski definition) is 5. The van der Waals surface area contributed by atoms with Crippen molar-refractivity contribution in [2.24, 2.45) is 33.7 Å². The summed E-state index contributed by atoms with van der Waals surface area (Å²) in [6.07, 6.45) is 11.9. The molecule has 5 rings (SSSR count). The second kappa shape index (κ2) is 8.40. The number of amides is 1. The Morgan fingerprint density at radius 2 is 1.94 bits per heavy atom. The van der Waals surface area contributed by atoms with Crippen LogP contribution in [0.1, 0.15) is 78.1 Å². The maximum absolute atomic E-state index is 12.4. The summed E-state index contributed by atoms with van der Waals surface area (Å²) in [6.45, 7) is 5.02. The van der Waals surface area contributed by atoms with Crippen LogP contribution in [0.5, 0.6) is 0 Å². The van der Waals surface area contributed by atoms with Gasteiger partial charge in [-0.15, -0.1) is 0 Å². The first kappa shape index (κ1) is 22.9. The van der Waals surface area contributed by atoms with E-state index in [0.717, 1.165) is 37.8 Å². The molecule has 0 aromatic rings. The van der Waals surface area contributed by atoms with Gasteiger partial charge in [0.15, 0.2) is 6.61 Å². The van der Waals surface area contributed by atoms with E-state index >= 15 is 0 Å². The smallest absolute Gasteiger partial charge is 0.326 e. The molecule has 5 aliphatic rings. The highest BCUT2D eigenvalue weighted by molar-refractivity contribution is 5.96. The Labute approximate surface area is 196 Å². The molecule has 3 saturated carbocycles. The van der Waals surface area contributed by atoms with Gasteiger partial charge in [-0.3, -0.25) is 4.79 Å². The fraction of sp³-hybridized carbons (Fsp3) is 0.808. The number of hydrogen-bond donors (Lipinski definition) is 2. The number of carbonyl (C=O) groups is 2. The lowest BCUT2D eigenvalue weighted by molar-refractivity contribution is -0.150. The van der Waals surface area contributed by atoms with Crippen molar-refractivity contribution in [3.63, 3.8) is 0 Å².